The van der Waals surface area contributed by atoms with Crippen LogP contribution in [0.1, 0.15) is 27.0 Å². The summed E-state index contributed by atoms with van der Waals surface area (Å²) in [6.07, 6.45) is 0. The van der Waals surface area contributed by atoms with Crippen LogP contribution in [0.25, 0.3) is 0 Å². The Morgan fingerprint density at radius 2 is 1.24 bits per heavy atom. The van der Waals surface area contributed by atoms with Gasteiger partial charge in [0.25, 0.3) is 5.69 Å². The second-order valence-corrected chi connectivity index (χ2v) is 7.85. The van der Waals surface area contributed by atoms with Crippen LogP contribution in [-0.4, -0.2) is 10.9 Å². The van der Waals surface area contributed by atoms with Crippen molar-refractivity contribution >= 4 is 17.3 Å². The minimum absolute atomic E-state index is 0.0405. The van der Waals surface area contributed by atoms with E-state index in [4.69, 9.17) is 4.74 Å². The topological polar surface area (TPSA) is 72.7 Å². The molecule has 0 bridgehead atoms. The van der Waals surface area contributed by atoms with Gasteiger partial charge in [0, 0.05) is 24.8 Å². The van der Waals surface area contributed by atoms with E-state index in [2.05, 4.69) is 4.90 Å². The Balaban J connectivity index is 1.65. The van der Waals surface area contributed by atoms with Gasteiger partial charge in [-0.05, 0) is 28.8 Å². The van der Waals surface area contributed by atoms with E-state index in [0.29, 0.717) is 18.8 Å². The normalized spacial score (nSPS) is 10.5. The molecule has 0 saturated heterocycles. The van der Waals surface area contributed by atoms with Crippen LogP contribution in [-0.2, 0) is 24.4 Å². The molecule has 0 amide bonds. The first-order valence-electron chi connectivity index (χ1n) is 10.9. The summed E-state index contributed by atoms with van der Waals surface area (Å²) in [4.78, 5) is 26.1. The summed E-state index contributed by atoms with van der Waals surface area (Å²) >= 11 is 0. The zero-order valence-electron chi connectivity index (χ0n) is 18.5. The molecule has 0 heterocycles. The lowest BCUT2D eigenvalue weighted by Crippen LogP contribution is -2.22. The minimum atomic E-state index is -0.725. The van der Waals surface area contributed by atoms with Gasteiger partial charge < -0.3 is 9.64 Å². The monoisotopic (exact) mass is 452 g/mol. The van der Waals surface area contributed by atoms with Crippen molar-refractivity contribution in [3.63, 3.8) is 0 Å². The Hall–Kier alpha value is -4.45. The molecule has 0 atom stereocenters. The summed E-state index contributed by atoms with van der Waals surface area (Å²) in [5, 5.41) is 11.6. The molecule has 6 heteroatoms. The lowest BCUT2D eigenvalue weighted by Gasteiger charge is -2.25. The number of hydrogen-bond acceptors (Lipinski definition) is 5. The third-order valence-corrected chi connectivity index (χ3v) is 5.41. The van der Waals surface area contributed by atoms with E-state index in [9.17, 15) is 14.9 Å². The van der Waals surface area contributed by atoms with E-state index in [1.54, 1.807) is 12.1 Å². The van der Waals surface area contributed by atoms with Crippen molar-refractivity contribution in [1.29, 1.82) is 0 Å². The summed E-state index contributed by atoms with van der Waals surface area (Å²) in [7, 11) is 0. The van der Waals surface area contributed by atoms with Crippen LogP contribution in [0.15, 0.2) is 109 Å². The summed E-state index contributed by atoms with van der Waals surface area (Å²) in [5.74, 6) is -0.725. The molecule has 6 nitrogen and oxygen atoms in total. The molecule has 170 valence electrons. The molecule has 0 aliphatic carbocycles. The molecule has 0 N–H and O–H groups in total. The smallest absolute Gasteiger partial charge is 0.345 e. The van der Waals surface area contributed by atoms with Gasteiger partial charge in [-0.1, -0.05) is 91.0 Å². The van der Waals surface area contributed by atoms with Crippen molar-refractivity contribution < 1.29 is 14.5 Å². The fourth-order valence-corrected chi connectivity index (χ4v) is 3.69. The van der Waals surface area contributed by atoms with E-state index in [0.717, 1.165) is 16.7 Å². The zero-order chi connectivity index (χ0) is 23.8. The van der Waals surface area contributed by atoms with Gasteiger partial charge in [0.05, 0.1) is 4.92 Å². The molecular weight excluding hydrogens is 428 g/mol. The highest BCUT2D eigenvalue weighted by atomic mass is 16.6. The molecule has 34 heavy (non-hydrogen) atoms. The molecule has 4 aromatic rings. The predicted molar refractivity (Wildman–Crippen MR) is 131 cm³/mol. The molecule has 0 saturated carbocycles. The average Bonchev–Trinajstić information content (AvgIpc) is 2.88. The van der Waals surface area contributed by atoms with Crippen LogP contribution in [0.5, 0.6) is 0 Å². The molecule has 0 spiro atoms. The van der Waals surface area contributed by atoms with Crippen molar-refractivity contribution in [2.24, 2.45) is 0 Å². The zero-order valence-corrected chi connectivity index (χ0v) is 18.5. The average molecular weight is 453 g/mol. The first-order valence-corrected chi connectivity index (χ1v) is 10.9. The fourth-order valence-electron chi connectivity index (χ4n) is 3.69. The van der Waals surface area contributed by atoms with Gasteiger partial charge >= 0.3 is 5.97 Å². The summed E-state index contributed by atoms with van der Waals surface area (Å²) in [6, 6.07) is 33.7. The molecule has 0 aliphatic heterocycles. The summed E-state index contributed by atoms with van der Waals surface area (Å²) in [6.45, 7) is 1.19. The molecular formula is C28H24N2O4. The highest BCUT2D eigenvalue weighted by Gasteiger charge is 2.24. The van der Waals surface area contributed by atoms with Crippen LogP contribution in [0.4, 0.5) is 11.4 Å². The summed E-state index contributed by atoms with van der Waals surface area (Å²) < 4.78 is 5.41. The van der Waals surface area contributed by atoms with Gasteiger partial charge in [-0.3, -0.25) is 10.1 Å². The van der Waals surface area contributed by atoms with Crippen molar-refractivity contribution in [2.45, 2.75) is 19.7 Å². The van der Waals surface area contributed by atoms with Crippen LogP contribution in [0.3, 0.4) is 0 Å². The molecule has 4 rings (SSSR count). The van der Waals surface area contributed by atoms with E-state index in [-0.39, 0.29) is 17.9 Å². The van der Waals surface area contributed by atoms with Crippen molar-refractivity contribution in [3.05, 3.63) is 142 Å². The fraction of sp³-hybridized carbons (Fsp3) is 0.107. The number of nitro groups is 1. The number of benzene rings is 4. The van der Waals surface area contributed by atoms with Crippen molar-refractivity contribution in [2.75, 3.05) is 4.90 Å². The predicted octanol–water partition coefficient (Wildman–Crippen LogP) is 6.16. The first-order chi connectivity index (χ1) is 16.6. The van der Waals surface area contributed by atoms with E-state index in [1.807, 2.05) is 91.0 Å². The van der Waals surface area contributed by atoms with Crippen LogP contribution in [0, 0.1) is 10.1 Å². The van der Waals surface area contributed by atoms with Crippen LogP contribution in [0.2, 0.25) is 0 Å². The Kier molecular flexibility index (Phi) is 7.30. The van der Waals surface area contributed by atoms with E-state index in [1.165, 1.54) is 6.07 Å². The Labute approximate surface area is 198 Å². The number of nitro benzene ring substituents is 1. The maximum Gasteiger partial charge on any atom is 0.345 e. The van der Waals surface area contributed by atoms with Gasteiger partial charge in [-0.15, -0.1) is 0 Å². The quantitative estimate of drug-likeness (QED) is 0.173. The van der Waals surface area contributed by atoms with Crippen molar-refractivity contribution in [3.8, 4) is 0 Å². The number of hydrogen-bond donors (Lipinski definition) is 0. The standard InChI is InChI=1S/C28H24N2O4/c31-28(34-21-24-14-8-3-9-15-24)26-18-25(16-17-27(26)30(32)33)29(19-22-10-4-1-5-11-22)20-23-12-6-2-7-13-23/h1-18H,19-21H2. The minimum Gasteiger partial charge on any atom is -0.457 e. The Bertz CT molecular complexity index is 1200. The number of carbonyl (C=O) groups is 1. The van der Waals surface area contributed by atoms with Crippen molar-refractivity contribution in [1.82, 2.24) is 0 Å². The number of rotatable bonds is 9. The number of ether oxygens (including phenoxy) is 1. The van der Waals surface area contributed by atoms with Crippen LogP contribution >= 0.6 is 0 Å². The number of nitrogens with zero attached hydrogens (tertiary/aromatic N) is 2. The van der Waals surface area contributed by atoms with Crippen LogP contribution < -0.4 is 4.90 Å². The molecule has 0 aliphatic rings. The third-order valence-electron chi connectivity index (χ3n) is 5.41. The van der Waals surface area contributed by atoms with Gasteiger partial charge in [0.1, 0.15) is 12.2 Å². The molecule has 0 fully saturated rings. The maximum absolute atomic E-state index is 12.9. The second-order valence-electron chi connectivity index (χ2n) is 7.85. The number of esters is 1. The van der Waals surface area contributed by atoms with E-state index >= 15 is 0 Å². The lowest BCUT2D eigenvalue weighted by molar-refractivity contribution is -0.385. The largest absolute Gasteiger partial charge is 0.457 e. The highest BCUT2D eigenvalue weighted by molar-refractivity contribution is 5.95. The van der Waals surface area contributed by atoms with E-state index < -0.39 is 10.9 Å². The van der Waals surface area contributed by atoms with Gasteiger partial charge in [-0.25, -0.2) is 4.79 Å². The number of anilines is 1. The molecule has 0 aromatic heterocycles. The Morgan fingerprint density at radius 1 is 0.735 bits per heavy atom. The number of carbonyl (C=O) groups excluding carboxylic acids is 1. The van der Waals surface area contributed by atoms with Gasteiger partial charge in [0.15, 0.2) is 0 Å². The molecule has 4 aromatic carbocycles. The molecule has 0 radical (unpaired) electrons. The van der Waals surface area contributed by atoms with Gasteiger partial charge in [0.2, 0.25) is 0 Å². The SMILES string of the molecule is O=C(OCc1ccccc1)c1cc(N(Cc2ccccc2)Cc2ccccc2)ccc1[N+](=O)[O-]. The third kappa shape index (κ3) is 5.86. The Morgan fingerprint density at radius 3 is 1.74 bits per heavy atom. The highest BCUT2D eigenvalue weighted by Crippen LogP contribution is 2.28. The molecule has 0 unspecified atom stereocenters. The first kappa shape index (κ1) is 22.7. The maximum atomic E-state index is 12.9. The van der Waals surface area contributed by atoms with Gasteiger partial charge in [-0.2, -0.15) is 0 Å². The second kappa shape index (κ2) is 10.9. The summed E-state index contributed by atoms with van der Waals surface area (Å²) in [5.41, 5.74) is 3.34. The lowest BCUT2D eigenvalue weighted by atomic mass is 10.1.